The van der Waals surface area contributed by atoms with Crippen LogP contribution in [0.4, 0.5) is 4.79 Å². The van der Waals surface area contributed by atoms with Gasteiger partial charge in [-0.3, -0.25) is 4.79 Å². The van der Waals surface area contributed by atoms with Crippen LogP contribution in [0.15, 0.2) is 48.7 Å². The normalized spacial score (nSPS) is 11.0. The molecule has 2 rings (SSSR count). The van der Waals surface area contributed by atoms with E-state index in [2.05, 4.69) is 33.0 Å². The fraction of sp³-hybridized carbons (Fsp3) is 0.500. The lowest BCUT2D eigenvalue weighted by molar-refractivity contribution is -0.133. The number of aryl methyl sites for hydroxylation is 1. The van der Waals surface area contributed by atoms with Crippen LogP contribution in [-0.2, 0) is 24.9 Å². The van der Waals surface area contributed by atoms with Gasteiger partial charge < -0.3 is 19.7 Å². The van der Waals surface area contributed by atoms with Crippen molar-refractivity contribution < 1.29 is 9.59 Å². The summed E-state index contributed by atoms with van der Waals surface area (Å²) in [5.41, 5.74) is 2.11. The Balaban J connectivity index is 2.06. The van der Waals surface area contributed by atoms with Crippen molar-refractivity contribution in [2.45, 2.75) is 40.8 Å². The van der Waals surface area contributed by atoms with Crippen LogP contribution >= 0.6 is 0 Å². The van der Waals surface area contributed by atoms with Gasteiger partial charge in [-0.05, 0) is 29.5 Å². The molecule has 30 heavy (non-hydrogen) atoms. The molecule has 1 N–H and O–H groups in total. The number of nitrogens with zero attached hydrogens (tertiary/aromatic N) is 3. The highest BCUT2D eigenvalue weighted by Gasteiger charge is 2.23. The number of hydrogen-bond donors (Lipinski definition) is 1. The average molecular weight is 413 g/mol. The van der Waals surface area contributed by atoms with Gasteiger partial charge in [0.2, 0.25) is 5.91 Å². The second-order valence-electron chi connectivity index (χ2n) is 8.70. The highest BCUT2D eigenvalue weighted by atomic mass is 16.2. The third kappa shape index (κ3) is 7.58. The first-order valence-corrected chi connectivity index (χ1v) is 10.7. The summed E-state index contributed by atoms with van der Waals surface area (Å²) in [7, 11) is 1.98. The van der Waals surface area contributed by atoms with E-state index >= 15 is 0 Å². The Hall–Kier alpha value is -2.76. The lowest BCUT2D eigenvalue weighted by atomic mass is 10.2. The summed E-state index contributed by atoms with van der Waals surface area (Å²) in [6.07, 6.45) is 1.98. The molecule has 0 aliphatic carbocycles. The maximum atomic E-state index is 13.2. The van der Waals surface area contributed by atoms with Crippen LogP contribution in [0, 0.1) is 11.8 Å². The number of benzene rings is 1. The first kappa shape index (κ1) is 23.5. The molecule has 3 amide bonds. The van der Waals surface area contributed by atoms with Crippen LogP contribution in [0.2, 0.25) is 0 Å². The number of urea groups is 1. The minimum absolute atomic E-state index is 0.0274. The Kier molecular flexibility index (Phi) is 8.96. The first-order chi connectivity index (χ1) is 14.3. The van der Waals surface area contributed by atoms with Gasteiger partial charge in [0.05, 0.1) is 6.54 Å². The summed E-state index contributed by atoms with van der Waals surface area (Å²) in [5, 5.41) is 2.96. The smallest absolute Gasteiger partial charge is 0.318 e. The number of amides is 3. The molecular formula is C24H36N4O2. The number of aromatic nitrogens is 1. The topological polar surface area (TPSA) is 57.6 Å². The summed E-state index contributed by atoms with van der Waals surface area (Å²) >= 11 is 0. The quantitative estimate of drug-likeness (QED) is 0.644. The fourth-order valence-electron chi connectivity index (χ4n) is 3.36. The van der Waals surface area contributed by atoms with E-state index in [9.17, 15) is 9.59 Å². The van der Waals surface area contributed by atoms with E-state index in [1.807, 2.05) is 65.2 Å². The summed E-state index contributed by atoms with van der Waals surface area (Å²) in [6.45, 7) is 10.6. The number of hydrogen-bond acceptors (Lipinski definition) is 2. The zero-order chi connectivity index (χ0) is 22.1. The van der Waals surface area contributed by atoms with Gasteiger partial charge in [-0.1, -0.05) is 58.0 Å². The minimum Gasteiger partial charge on any atom is -0.353 e. The van der Waals surface area contributed by atoms with Crippen LogP contribution in [0.1, 0.15) is 39.0 Å². The third-order valence-electron chi connectivity index (χ3n) is 4.83. The number of nitrogens with one attached hydrogen (secondary N) is 1. The molecule has 0 atom stereocenters. The van der Waals surface area contributed by atoms with Crippen LogP contribution in [0.5, 0.6) is 0 Å². The van der Waals surface area contributed by atoms with Crippen molar-refractivity contribution in [2.75, 3.05) is 19.6 Å². The van der Waals surface area contributed by atoms with Gasteiger partial charge in [-0.15, -0.1) is 0 Å². The van der Waals surface area contributed by atoms with Gasteiger partial charge in [-0.25, -0.2) is 4.79 Å². The van der Waals surface area contributed by atoms with Gasteiger partial charge in [0.25, 0.3) is 0 Å². The molecule has 0 saturated heterocycles. The molecular weight excluding hydrogens is 376 g/mol. The molecule has 0 spiro atoms. The molecule has 1 aromatic heterocycles. The summed E-state index contributed by atoms with van der Waals surface area (Å²) in [6, 6.07) is 13.6. The molecule has 0 aliphatic rings. The zero-order valence-corrected chi connectivity index (χ0v) is 19.0. The SMILES string of the molecule is CC(C)CN(Cc1cccn1C)C(=O)CN(CC(C)C)C(=O)NCc1ccccc1. The van der Waals surface area contributed by atoms with E-state index in [0.717, 1.165) is 11.3 Å². The molecule has 0 bridgehead atoms. The monoisotopic (exact) mass is 412 g/mol. The van der Waals surface area contributed by atoms with Crippen molar-refractivity contribution in [3.63, 3.8) is 0 Å². The molecule has 164 valence electrons. The standard InChI is InChI=1S/C24H36N4O2/c1-19(2)15-27(17-22-12-9-13-26(22)5)23(29)18-28(16-20(3)4)24(30)25-14-21-10-7-6-8-11-21/h6-13,19-20H,14-18H2,1-5H3,(H,25,30). The van der Waals surface area contributed by atoms with Crippen molar-refractivity contribution in [2.24, 2.45) is 18.9 Å². The molecule has 6 nitrogen and oxygen atoms in total. The van der Waals surface area contributed by atoms with Gasteiger partial charge in [0, 0.05) is 38.6 Å². The van der Waals surface area contributed by atoms with Crippen LogP contribution in [-0.4, -0.2) is 45.9 Å². The van der Waals surface area contributed by atoms with Crippen molar-refractivity contribution in [3.8, 4) is 0 Å². The Labute approximate surface area is 180 Å². The maximum absolute atomic E-state index is 13.2. The lowest BCUT2D eigenvalue weighted by Crippen LogP contribution is -2.48. The lowest BCUT2D eigenvalue weighted by Gasteiger charge is -2.30. The highest BCUT2D eigenvalue weighted by Crippen LogP contribution is 2.10. The van der Waals surface area contributed by atoms with Gasteiger partial charge >= 0.3 is 6.03 Å². The summed E-state index contributed by atoms with van der Waals surface area (Å²) < 4.78 is 2.03. The molecule has 0 aliphatic heterocycles. The average Bonchev–Trinajstić information content (AvgIpc) is 3.09. The highest BCUT2D eigenvalue weighted by molar-refractivity contribution is 5.84. The Morgan fingerprint density at radius 2 is 1.57 bits per heavy atom. The van der Waals surface area contributed by atoms with Crippen LogP contribution < -0.4 is 5.32 Å². The van der Waals surface area contributed by atoms with Gasteiger partial charge in [0.1, 0.15) is 6.54 Å². The van der Waals surface area contributed by atoms with Crippen molar-refractivity contribution in [1.82, 2.24) is 19.7 Å². The van der Waals surface area contributed by atoms with Crippen molar-refractivity contribution in [1.29, 1.82) is 0 Å². The van der Waals surface area contributed by atoms with Crippen molar-refractivity contribution in [3.05, 3.63) is 59.9 Å². The molecule has 0 unspecified atom stereocenters. The molecule has 0 radical (unpaired) electrons. The van der Waals surface area contributed by atoms with Crippen molar-refractivity contribution >= 4 is 11.9 Å². The third-order valence-corrected chi connectivity index (χ3v) is 4.83. The molecule has 0 fully saturated rings. The fourth-order valence-corrected chi connectivity index (χ4v) is 3.36. The first-order valence-electron chi connectivity index (χ1n) is 10.7. The predicted octanol–water partition coefficient (Wildman–Crippen LogP) is 3.88. The Morgan fingerprint density at radius 1 is 0.933 bits per heavy atom. The number of carbonyl (C=O) groups excluding carboxylic acids is 2. The Morgan fingerprint density at radius 3 is 2.13 bits per heavy atom. The van der Waals surface area contributed by atoms with E-state index < -0.39 is 0 Å². The largest absolute Gasteiger partial charge is 0.353 e. The van der Waals surface area contributed by atoms with E-state index in [-0.39, 0.29) is 24.4 Å². The van der Waals surface area contributed by atoms with E-state index in [4.69, 9.17) is 0 Å². The predicted molar refractivity (Wildman–Crippen MR) is 121 cm³/mol. The van der Waals surface area contributed by atoms with Crippen LogP contribution in [0.3, 0.4) is 0 Å². The van der Waals surface area contributed by atoms with Gasteiger partial charge in [0.15, 0.2) is 0 Å². The number of carbonyl (C=O) groups is 2. The van der Waals surface area contributed by atoms with Gasteiger partial charge in [-0.2, -0.15) is 0 Å². The summed E-state index contributed by atoms with van der Waals surface area (Å²) in [4.78, 5) is 29.5. The van der Waals surface area contributed by atoms with Crippen LogP contribution in [0.25, 0.3) is 0 Å². The van der Waals surface area contributed by atoms with E-state index in [1.54, 1.807) is 4.90 Å². The second-order valence-corrected chi connectivity index (χ2v) is 8.70. The second kappa shape index (κ2) is 11.4. The molecule has 2 aromatic rings. The zero-order valence-electron chi connectivity index (χ0n) is 19.0. The molecule has 0 saturated carbocycles. The number of rotatable bonds is 10. The maximum Gasteiger partial charge on any atom is 0.318 e. The molecule has 1 heterocycles. The minimum atomic E-state index is -0.204. The van der Waals surface area contributed by atoms with E-state index in [1.165, 1.54) is 0 Å². The Bertz CT molecular complexity index is 799. The summed E-state index contributed by atoms with van der Waals surface area (Å²) in [5.74, 6) is 0.590. The van der Waals surface area contributed by atoms with E-state index in [0.29, 0.717) is 32.1 Å². The molecule has 6 heteroatoms. The molecule has 1 aromatic carbocycles.